The Morgan fingerprint density at radius 2 is 2.04 bits per heavy atom. The Labute approximate surface area is 166 Å². The second-order valence-electron chi connectivity index (χ2n) is 6.19. The lowest BCUT2D eigenvalue weighted by atomic mass is 10.2. The summed E-state index contributed by atoms with van der Waals surface area (Å²) in [4.78, 5) is 12.5. The summed E-state index contributed by atoms with van der Waals surface area (Å²) in [6, 6.07) is 9.09. The van der Waals surface area contributed by atoms with Gasteiger partial charge < -0.3 is 11.2 Å². The van der Waals surface area contributed by atoms with Gasteiger partial charge in [-0.05, 0) is 32.9 Å². The minimum atomic E-state index is -0.431. The van der Waals surface area contributed by atoms with E-state index in [-0.39, 0.29) is 11.9 Å². The molecular formula is C17H20ClN7OS. The van der Waals surface area contributed by atoms with Crippen LogP contribution in [0.15, 0.2) is 41.7 Å². The van der Waals surface area contributed by atoms with Crippen LogP contribution < -0.4 is 11.2 Å². The number of nitrogens with one attached hydrogen (secondary N) is 1. The highest BCUT2D eigenvalue weighted by Gasteiger charge is 2.21. The van der Waals surface area contributed by atoms with Crippen molar-refractivity contribution in [2.45, 2.75) is 37.2 Å². The second kappa shape index (κ2) is 8.01. The molecule has 0 saturated carbocycles. The van der Waals surface area contributed by atoms with Crippen molar-refractivity contribution in [1.29, 1.82) is 0 Å². The van der Waals surface area contributed by atoms with Gasteiger partial charge in [-0.1, -0.05) is 35.5 Å². The molecule has 8 nitrogen and oxygen atoms in total. The van der Waals surface area contributed by atoms with E-state index >= 15 is 0 Å². The Balaban J connectivity index is 1.72. The smallest absolute Gasteiger partial charge is 0.238 e. The summed E-state index contributed by atoms with van der Waals surface area (Å²) >= 11 is 7.24. The summed E-state index contributed by atoms with van der Waals surface area (Å²) in [5.41, 5.74) is 0.752. The number of hydrogen-bond donors (Lipinski definition) is 2. The van der Waals surface area contributed by atoms with Crippen LogP contribution in [0.25, 0.3) is 11.4 Å². The molecule has 0 aliphatic rings. The molecule has 27 heavy (non-hydrogen) atoms. The maximum Gasteiger partial charge on any atom is 0.238 e. The topological polar surface area (TPSA) is 104 Å². The molecule has 0 fully saturated rings. The normalized spacial score (nSPS) is 12.3. The summed E-state index contributed by atoms with van der Waals surface area (Å²) in [5.74, 6) is 7.07. The van der Waals surface area contributed by atoms with Gasteiger partial charge in [0.1, 0.15) is 5.82 Å². The molecule has 0 saturated heterocycles. The number of carbonyl (C=O) groups is 1. The lowest BCUT2D eigenvalue weighted by Gasteiger charge is -2.14. The van der Waals surface area contributed by atoms with Gasteiger partial charge in [-0.3, -0.25) is 4.79 Å². The average molecular weight is 406 g/mol. The number of nitrogen functional groups attached to an aromatic ring is 1. The SMILES string of the molecule is CC(C)n1nccc1NC(=O)[C@H](C)Sc1nnc(-c2cccc(Cl)c2)n1N. The molecule has 2 heterocycles. The second-order valence-corrected chi connectivity index (χ2v) is 7.94. The van der Waals surface area contributed by atoms with E-state index in [2.05, 4.69) is 20.6 Å². The van der Waals surface area contributed by atoms with E-state index in [4.69, 9.17) is 17.4 Å². The van der Waals surface area contributed by atoms with Gasteiger partial charge in [0.25, 0.3) is 0 Å². The van der Waals surface area contributed by atoms with Crippen LogP contribution in [0.2, 0.25) is 5.02 Å². The molecule has 0 spiro atoms. The van der Waals surface area contributed by atoms with Crippen molar-refractivity contribution >= 4 is 35.1 Å². The third-order valence-corrected chi connectivity index (χ3v) is 5.10. The van der Waals surface area contributed by atoms with E-state index in [1.165, 1.54) is 16.4 Å². The standard InChI is InChI=1S/C17H20ClN7OS/c1-10(2)25-14(7-8-20-25)21-16(26)11(3)27-17-23-22-15(24(17)19)12-5-4-6-13(18)9-12/h4-11H,19H2,1-3H3,(H,21,26)/t11-/m0/s1. The van der Waals surface area contributed by atoms with E-state index in [1.807, 2.05) is 26.0 Å². The van der Waals surface area contributed by atoms with Crippen molar-refractivity contribution in [3.8, 4) is 11.4 Å². The highest BCUT2D eigenvalue weighted by atomic mass is 35.5. The zero-order chi connectivity index (χ0) is 19.6. The van der Waals surface area contributed by atoms with Crippen molar-refractivity contribution in [3.63, 3.8) is 0 Å². The maximum atomic E-state index is 12.5. The summed E-state index contributed by atoms with van der Waals surface area (Å²) < 4.78 is 3.11. The van der Waals surface area contributed by atoms with Crippen LogP contribution in [0.5, 0.6) is 0 Å². The molecule has 0 unspecified atom stereocenters. The molecule has 1 atom stereocenters. The summed E-state index contributed by atoms with van der Waals surface area (Å²) in [7, 11) is 0. The molecule has 1 amide bonds. The number of nitrogens with zero attached hydrogens (tertiary/aromatic N) is 5. The molecule has 0 radical (unpaired) electrons. The molecule has 0 aliphatic heterocycles. The van der Waals surface area contributed by atoms with Gasteiger partial charge in [0.15, 0.2) is 5.82 Å². The first-order chi connectivity index (χ1) is 12.9. The predicted molar refractivity (Wildman–Crippen MR) is 107 cm³/mol. The Kier molecular flexibility index (Phi) is 5.71. The van der Waals surface area contributed by atoms with Gasteiger partial charge in [-0.15, -0.1) is 10.2 Å². The molecule has 142 valence electrons. The lowest BCUT2D eigenvalue weighted by molar-refractivity contribution is -0.115. The fourth-order valence-corrected chi connectivity index (χ4v) is 3.41. The highest BCUT2D eigenvalue weighted by Crippen LogP contribution is 2.26. The minimum Gasteiger partial charge on any atom is -0.335 e. The summed E-state index contributed by atoms with van der Waals surface area (Å²) in [6.45, 7) is 5.77. The molecule has 0 aliphatic carbocycles. The van der Waals surface area contributed by atoms with Crippen LogP contribution in [0.3, 0.4) is 0 Å². The quantitative estimate of drug-likeness (QED) is 0.482. The number of benzene rings is 1. The monoisotopic (exact) mass is 405 g/mol. The van der Waals surface area contributed by atoms with Gasteiger partial charge in [0.05, 0.1) is 11.4 Å². The van der Waals surface area contributed by atoms with Crippen LogP contribution in [0.1, 0.15) is 26.8 Å². The third kappa shape index (κ3) is 4.25. The van der Waals surface area contributed by atoms with Gasteiger partial charge in [-0.25, -0.2) is 9.36 Å². The zero-order valence-corrected chi connectivity index (χ0v) is 16.7. The van der Waals surface area contributed by atoms with Crippen molar-refractivity contribution in [2.75, 3.05) is 11.2 Å². The van der Waals surface area contributed by atoms with Crippen LogP contribution in [-0.4, -0.2) is 35.8 Å². The fraction of sp³-hybridized carbons (Fsp3) is 0.294. The Bertz CT molecular complexity index is 952. The van der Waals surface area contributed by atoms with E-state index in [9.17, 15) is 4.79 Å². The number of thioether (sulfide) groups is 1. The largest absolute Gasteiger partial charge is 0.335 e. The number of hydrogen-bond acceptors (Lipinski definition) is 6. The highest BCUT2D eigenvalue weighted by molar-refractivity contribution is 8.00. The molecular weight excluding hydrogens is 386 g/mol. The van der Waals surface area contributed by atoms with Gasteiger partial charge in [0.2, 0.25) is 11.1 Å². The number of anilines is 1. The zero-order valence-electron chi connectivity index (χ0n) is 15.1. The van der Waals surface area contributed by atoms with E-state index in [0.717, 1.165) is 5.56 Å². The van der Waals surface area contributed by atoms with Gasteiger partial charge in [0, 0.05) is 22.7 Å². The Morgan fingerprint density at radius 1 is 1.26 bits per heavy atom. The van der Waals surface area contributed by atoms with Gasteiger partial charge in [-0.2, -0.15) is 5.10 Å². The molecule has 3 N–H and O–H groups in total. The molecule has 3 aromatic rings. The fourth-order valence-electron chi connectivity index (χ4n) is 2.45. The van der Waals surface area contributed by atoms with Crippen molar-refractivity contribution < 1.29 is 4.79 Å². The van der Waals surface area contributed by atoms with Gasteiger partial charge >= 0.3 is 0 Å². The number of carbonyl (C=O) groups excluding carboxylic acids is 1. The Morgan fingerprint density at radius 3 is 2.74 bits per heavy atom. The number of amides is 1. The van der Waals surface area contributed by atoms with E-state index in [1.54, 1.807) is 36.0 Å². The first-order valence-electron chi connectivity index (χ1n) is 8.34. The molecule has 1 aromatic carbocycles. The van der Waals surface area contributed by atoms with Crippen LogP contribution in [-0.2, 0) is 4.79 Å². The first kappa shape index (κ1) is 19.2. The van der Waals surface area contributed by atoms with Crippen LogP contribution in [0, 0.1) is 0 Å². The molecule has 10 heteroatoms. The number of rotatable bonds is 6. The number of nitrogens with two attached hydrogens (primary N) is 1. The first-order valence-corrected chi connectivity index (χ1v) is 9.60. The third-order valence-electron chi connectivity index (χ3n) is 3.81. The molecule has 0 bridgehead atoms. The lowest BCUT2D eigenvalue weighted by Crippen LogP contribution is -2.25. The number of aromatic nitrogens is 5. The van der Waals surface area contributed by atoms with Crippen LogP contribution >= 0.6 is 23.4 Å². The molecule has 3 rings (SSSR count). The number of halogens is 1. The van der Waals surface area contributed by atoms with E-state index in [0.29, 0.717) is 21.8 Å². The maximum absolute atomic E-state index is 12.5. The Hall–Kier alpha value is -2.52. The summed E-state index contributed by atoms with van der Waals surface area (Å²) in [6.07, 6.45) is 1.65. The van der Waals surface area contributed by atoms with Crippen LogP contribution in [0.4, 0.5) is 5.82 Å². The van der Waals surface area contributed by atoms with E-state index < -0.39 is 5.25 Å². The molecule has 2 aromatic heterocycles. The van der Waals surface area contributed by atoms with Crippen molar-refractivity contribution in [3.05, 3.63) is 41.6 Å². The minimum absolute atomic E-state index is 0.144. The van der Waals surface area contributed by atoms with Crippen molar-refractivity contribution in [2.24, 2.45) is 0 Å². The predicted octanol–water partition coefficient (Wildman–Crippen LogP) is 3.21. The average Bonchev–Trinajstić information content (AvgIpc) is 3.22. The van der Waals surface area contributed by atoms with Crippen molar-refractivity contribution in [1.82, 2.24) is 24.7 Å². The summed E-state index contributed by atoms with van der Waals surface area (Å²) in [5, 5.41) is 15.9.